The number of carbonyl (C=O) groups is 2. The van der Waals surface area contributed by atoms with Crippen molar-refractivity contribution in [1.29, 1.82) is 0 Å². The molecule has 1 N–H and O–H groups in total. The van der Waals surface area contributed by atoms with Crippen LogP contribution in [0.2, 0.25) is 10.0 Å². The highest BCUT2D eigenvalue weighted by Gasteiger charge is 2.15. The van der Waals surface area contributed by atoms with Gasteiger partial charge in [-0.15, -0.1) is 0 Å². The van der Waals surface area contributed by atoms with Gasteiger partial charge < -0.3 is 10.1 Å². The molecule has 18 heavy (non-hydrogen) atoms. The molecule has 1 aromatic rings. The fourth-order valence-electron chi connectivity index (χ4n) is 1.18. The lowest BCUT2D eigenvalue weighted by molar-refractivity contribution is -0.141. The number of benzene rings is 1. The molecule has 0 atom stereocenters. The first-order valence-corrected chi connectivity index (χ1v) is 6.87. The standard InChI is InChI=1S/C11H10Cl2INO3/c1-2-18-9(16)5-15-11(17)7-3-6(12)4-8(13)10(7)14/h3-4H,2,5H2,1H3,(H,15,17). The molecule has 0 radical (unpaired) electrons. The predicted molar refractivity (Wildman–Crippen MR) is 78.1 cm³/mol. The molecule has 0 fully saturated rings. The van der Waals surface area contributed by atoms with Crippen LogP contribution in [0.15, 0.2) is 12.1 Å². The van der Waals surface area contributed by atoms with Crippen LogP contribution in [-0.2, 0) is 9.53 Å². The maximum absolute atomic E-state index is 11.8. The average Bonchev–Trinajstić information content (AvgIpc) is 2.31. The Morgan fingerprint density at radius 1 is 1.39 bits per heavy atom. The number of ether oxygens (including phenoxy) is 1. The molecule has 0 bridgehead atoms. The zero-order valence-corrected chi connectivity index (χ0v) is 13.1. The summed E-state index contributed by atoms with van der Waals surface area (Å²) in [5.74, 6) is -0.911. The van der Waals surface area contributed by atoms with Crippen LogP contribution in [0.1, 0.15) is 17.3 Å². The molecule has 0 saturated heterocycles. The normalized spacial score (nSPS) is 10.0. The first-order valence-electron chi connectivity index (χ1n) is 5.04. The topological polar surface area (TPSA) is 55.4 Å². The second kappa shape index (κ2) is 7.16. The zero-order chi connectivity index (χ0) is 13.7. The molecular weight excluding hydrogens is 392 g/mol. The first kappa shape index (κ1) is 15.5. The number of hydrogen-bond acceptors (Lipinski definition) is 3. The molecule has 0 aliphatic rings. The van der Waals surface area contributed by atoms with Gasteiger partial charge in [0, 0.05) is 8.59 Å². The summed E-state index contributed by atoms with van der Waals surface area (Å²) in [6.07, 6.45) is 0. The minimum atomic E-state index is -0.492. The summed E-state index contributed by atoms with van der Waals surface area (Å²) in [5.41, 5.74) is 0.331. The van der Waals surface area contributed by atoms with E-state index >= 15 is 0 Å². The Morgan fingerprint density at radius 3 is 2.67 bits per heavy atom. The molecule has 0 heterocycles. The fourth-order valence-corrected chi connectivity index (χ4v) is 2.23. The molecule has 0 aromatic heterocycles. The fraction of sp³-hybridized carbons (Fsp3) is 0.273. The molecule has 1 rings (SSSR count). The Bertz CT molecular complexity index is 480. The van der Waals surface area contributed by atoms with Crippen molar-refractivity contribution in [3.63, 3.8) is 0 Å². The number of carbonyl (C=O) groups excluding carboxylic acids is 2. The predicted octanol–water partition coefficient (Wildman–Crippen LogP) is 2.89. The van der Waals surface area contributed by atoms with E-state index in [1.807, 2.05) is 22.6 Å². The molecule has 7 heteroatoms. The van der Waals surface area contributed by atoms with E-state index in [0.29, 0.717) is 19.2 Å². The van der Waals surface area contributed by atoms with Crippen molar-refractivity contribution < 1.29 is 14.3 Å². The van der Waals surface area contributed by atoms with Crippen LogP contribution in [0.3, 0.4) is 0 Å². The van der Waals surface area contributed by atoms with Crippen LogP contribution < -0.4 is 5.32 Å². The Kier molecular flexibility index (Phi) is 6.17. The molecule has 98 valence electrons. The molecule has 1 aromatic carbocycles. The number of nitrogens with one attached hydrogen (secondary N) is 1. The third kappa shape index (κ3) is 4.29. The van der Waals surface area contributed by atoms with Crippen LogP contribution in [0, 0.1) is 3.57 Å². The summed E-state index contributed by atoms with van der Waals surface area (Å²) in [6.45, 7) is 1.78. The first-order chi connectivity index (χ1) is 8.45. The van der Waals surface area contributed by atoms with Crippen LogP contribution in [0.4, 0.5) is 0 Å². The van der Waals surface area contributed by atoms with Gasteiger partial charge in [0.1, 0.15) is 6.54 Å². The smallest absolute Gasteiger partial charge is 0.325 e. The summed E-state index contributed by atoms with van der Waals surface area (Å²) >= 11 is 13.7. The summed E-state index contributed by atoms with van der Waals surface area (Å²) in [7, 11) is 0. The maximum atomic E-state index is 11.8. The molecule has 0 saturated carbocycles. The van der Waals surface area contributed by atoms with Crippen molar-refractivity contribution >= 4 is 57.7 Å². The van der Waals surface area contributed by atoms with Crippen molar-refractivity contribution in [2.45, 2.75) is 6.92 Å². The van der Waals surface area contributed by atoms with Crippen LogP contribution in [0.5, 0.6) is 0 Å². The Balaban J connectivity index is 2.76. The van der Waals surface area contributed by atoms with Gasteiger partial charge in [-0.3, -0.25) is 9.59 Å². The van der Waals surface area contributed by atoms with Crippen LogP contribution in [-0.4, -0.2) is 25.0 Å². The molecule has 0 aliphatic carbocycles. The summed E-state index contributed by atoms with van der Waals surface area (Å²) in [6, 6.07) is 3.04. The van der Waals surface area contributed by atoms with Gasteiger partial charge in [0.25, 0.3) is 5.91 Å². The maximum Gasteiger partial charge on any atom is 0.325 e. The summed E-state index contributed by atoms with van der Waals surface area (Å²) in [5, 5.41) is 3.20. The average molecular weight is 402 g/mol. The molecule has 0 unspecified atom stereocenters. The molecule has 0 aliphatic heterocycles. The van der Waals surface area contributed by atoms with Gasteiger partial charge in [0.05, 0.1) is 17.2 Å². The van der Waals surface area contributed by atoms with Gasteiger partial charge in [-0.1, -0.05) is 23.2 Å². The lowest BCUT2D eigenvalue weighted by Gasteiger charge is -2.08. The van der Waals surface area contributed by atoms with Gasteiger partial charge in [-0.05, 0) is 41.6 Å². The lowest BCUT2D eigenvalue weighted by Crippen LogP contribution is -2.31. The lowest BCUT2D eigenvalue weighted by atomic mass is 10.2. The van der Waals surface area contributed by atoms with Crippen molar-refractivity contribution in [2.75, 3.05) is 13.2 Å². The van der Waals surface area contributed by atoms with Gasteiger partial charge in [-0.25, -0.2) is 0 Å². The van der Waals surface area contributed by atoms with E-state index in [0.717, 1.165) is 0 Å². The Morgan fingerprint density at radius 2 is 2.06 bits per heavy atom. The Labute approximate surface area is 128 Å². The number of amides is 1. The minimum absolute atomic E-state index is 0.188. The molecular formula is C11H10Cl2INO3. The van der Waals surface area contributed by atoms with E-state index in [9.17, 15) is 9.59 Å². The van der Waals surface area contributed by atoms with Gasteiger partial charge in [-0.2, -0.15) is 0 Å². The van der Waals surface area contributed by atoms with Crippen molar-refractivity contribution in [2.24, 2.45) is 0 Å². The van der Waals surface area contributed by atoms with Gasteiger partial charge >= 0.3 is 5.97 Å². The van der Waals surface area contributed by atoms with E-state index < -0.39 is 11.9 Å². The zero-order valence-electron chi connectivity index (χ0n) is 9.43. The summed E-state index contributed by atoms with van der Waals surface area (Å²) in [4.78, 5) is 22.9. The van der Waals surface area contributed by atoms with Crippen molar-refractivity contribution in [3.8, 4) is 0 Å². The van der Waals surface area contributed by atoms with Crippen molar-refractivity contribution in [1.82, 2.24) is 5.32 Å². The molecule has 4 nitrogen and oxygen atoms in total. The van der Waals surface area contributed by atoms with Crippen LogP contribution in [0.25, 0.3) is 0 Å². The van der Waals surface area contributed by atoms with E-state index in [4.69, 9.17) is 27.9 Å². The van der Waals surface area contributed by atoms with Gasteiger partial charge in [0.2, 0.25) is 0 Å². The van der Waals surface area contributed by atoms with E-state index in [1.54, 1.807) is 13.0 Å². The SMILES string of the molecule is CCOC(=O)CNC(=O)c1cc(Cl)cc(Cl)c1I. The highest BCUT2D eigenvalue weighted by Crippen LogP contribution is 2.26. The molecule has 0 spiro atoms. The largest absolute Gasteiger partial charge is 0.465 e. The third-order valence-corrected chi connectivity index (χ3v) is 3.93. The quantitative estimate of drug-likeness (QED) is 0.479. The number of esters is 1. The molecule has 1 amide bonds. The Hall–Kier alpha value is -0.530. The highest BCUT2D eigenvalue weighted by molar-refractivity contribution is 14.1. The highest BCUT2D eigenvalue weighted by atomic mass is 127. The van der Waals surface area contributed by atoms with E-state index in [2.05, 4.69) is 5.32 Å². The monoisotopic (exact) mass is 401 g/mol. The third-order valence-electron chi connectivity index (χ3n) is 1.94. The number of halogens is 3. The minimum Gasteiger partial charge on any atom is -0.465 e. The van der Waals surface area contributed by atoms with Crippen LogP contribution >= 0.6 is 45.8 Å². The van der Waals surface area contributed by atoms with E-state index in [1.165, 1.54) is 6.07 Å². The summed E-state index contributed by atoms with van der Waals surface area (Å²) < 4.78 is 5.28. The number of rotatable bonds is 4. The van der Waals surface area contributed by atoms with E-state index in [-0.39, 0.29) is 13.2 Å². The van der Waals surface area contributed by atoms with Crippen molar-refractivity contribution in [3.05, 3.63) is 31.3 Å². The second-order valence-corrected chi connectivity index (χ2v) is 5.16. The number of hydrogen-bond donors (Lipinski definition) is 1. The second-order valence-electron chi connectivity index (χ2n) is 3.24. The van der Waals surface area contributed by atoms with Gasteiger partial charge in [0.15, 0.2) is 0 Å².